The van der Waals surface area contributed by atoms with Gasteiger partial charge in [-0.3, -0.25) is 0 Å². The summed E-state index contributed by atoms with van der Waals surface area (Å²) in [4.78, 5) is 0. The third-order valence-corrected chi connectivity index (χ3v) is 2.52. The maximum Gasteiger partial charge on any atom is 0.142 e. The number of hydrogen-bond acceptors (Lipinski definition) is 3. The van der Waals surface area contributed by atoms with E-state index in [2.05, 4.69) is 15.9 Å². The Bertz CT molecular complexity index is 317. The van der Waals surface area contributed by atoms with Crippen molar-refractivity contribution in [2.75, 3.05) is 19.5 Å². The standard InChI is InChI=1S/C11H16BrNO2/c1-8(5-6-14-2)15-11-4-3-9(12)7-10(11)13/h3-4,7-8H,5-6,13H2,1-2H3. The summed E-state index contributed by atoms with van der Waals surface area (Å²) in [5, 5.41) is 0. The highest BCUT2D eigenvalue weighted by molar-refractivity contribution is 9.10. The Balaban J connectivity index is 2.56. The number of methoxy groups -OCH3 is 1. The minimum absolute atomic E-state index is 0.105. The zero-order chi connectivity index (χ0) is 11.3. The highest BCUT2D eigenvalue weighted by Crippen LogP contribution is 2.26. The summed E-state index contributed by atoms with van der Waals surface area (Å²) < 4.78 is 11.6. The molecule has 0 aromatic heterocycles. The highest BCUT2D eigenvalue weighted by Gasteiger charge is 2.06. The van der Waals surface area contributed by atoms with Crippen LogP contribution < -0.4 is 10.5 Å². The normalized spacial score (nSPS) is 12.5. The molecule has 1 atom stereocenters. The Hall–Kier alpha value is -0.740. The van der Waals surface area contributed by atoms with Crippen LogP contribution in [0.4, 0.5) is 5.69 Å². The minimum Gasteiger partial charge on any atom is -0.488 e. The number of hydrogen-bond donors (Lipinski definition) is 1. The molecule has 0 heterocycles. The van der Waals surface area contributed by atoms with Crippen LogP contribution >= 0.6 is 15.9 Å². The number of nitrogens with two attached hydrogens (primary N) is 1. The Labute approximate surface area is 98.7 Å². The number of rotatable bonds is 5. The molecule has 0 fully saturated rings. The molecule has 3 nitrogen and oxygen atoms in total. The first-order valence-corrected chi connectivity index (χ1v) is 5.63. The van der Waals surface area contributed by atoms with Gasteiger partial charge >= 0.3 is 0 Å². The summed E-state index contributed by atoms with van der Waals surface area (Å²) in [6.45, 7) is 2.69. The summed E-state index contributed by atoms with van der Waals surface area (Å²) in [5.41, 5.74) is 6.46. The van der Waals surface area contributed by atoms with Crippen molar-refractivity contribution in [2.45, 2.75) is 19.4 Å². The van der Waals surface area contributed by atoms with E-state index in [4.69, 9.17) is 15.2 Å². The molecular formula is C11H16BrNO2. The van der Waals surface area contributed by atoms with E-state index in [0.717, 1.165) is 16.6 Å². The molecule has 0 spiro atoms. The second kappa shape index (κ2) is 5.98. The summed E-state index contributed by atoms with van der Waals surface area (Å²) in [6, 6.07) is 5.61. The van der Waals surface area contributed by atoms with Crippen molar-refractivity contribution in [3.05, 3.63) is 22.7 Å². The summed E-state index contributed by atoms with van der Waals surface area (Å²) in [5.74, 6) is 0.724. The second-order valence-corrected chi connectivity index (χ2v) is 4.31. The summed E-state index contributed by atoms with van der Waals surface area (Å²) in [7, 11) is 1.68. The van der Waals surface area contributed by atoms with E-state index in [1.54, 1.807) is 7.11 Å². The lowest BCUT2D eigenvalue weighted by atomic mass is 10.2. The van der Waals surface area contributed by atoms with Gasteiger partial charge in [0.1, 0.15) is 5.75 Å². The van der Waals surface area contributed by atoms with Crippen molar-refractivity contribution >= 4 is 21.6 Å². The first-order chi connectivity index (χ1) is 7.13. The molecule has 0 aliphatic heterocycles. The van der Waals surface area contributed by atoms with Crippen LogP contribution in [0.5, 0.6) is 5.75 Å². The van der Waals surface area contributed by atoms with Crippen LogP contribution in [-0.4, -0.2) is 19.8 Å². The number of halogens is 1. The molecule has 1 unspecified atom stereocenters. The van der Waals surface area contributed by atoms with Crippen LogP contribution in [0.1, 0.15) is 13.3 Å². The fourth-order valence-corrected chi connectivity index (χ4v) is 1.56. The fourth-order valence-electron chi connectivity index (χ4n) is 1.19. The lowest BCUT2D eigenvalue weighted by molar-refractivity contribution is 0.135. The van der Waals surface area contributed by atoms with Gasteiger partial charge in [0.05, 0.1) is 11.8 Å². The molecule has 15 heavy (non-hydrogen) atoms. The van der Waals surface area contributed by atoms with Crippen LogP contribution in [0.15, 0.2) is 22.7 Å². The van der Waals surface area contributed by atoms with Gasteiger partial charge in [0.15, 0.2) is 0 Å². The van der Waals surface area contributed by atoms with Crippen molar-refractivity contribution in [3.8, 4) is 5.75 Å². The highest BCUT2D eigenvalue weighted by atomic mass is 79.9. The Kier molecular flexibility index (Phi) is 4.91. The number of benzene rings is 1. The molecule has 0 radical (unpaired) electrons. The molecule has 84 valence electrons. The molecule has 0 amide bonds. The maximum atomic E-state index is 5.81. The molecule has 0 saturated heterocycles. The smallest absolute Gasteiger partial charge is 0.142 e. The summed E-state index contributed by atoms with van der Waals surface area (Å²) in [6.07, 6.45) is 0.958. The van der Waals surface area contributed by atoms with E-state index in [-0.39, 0.29) is 6.10 Å². The SMILES string of the molecule is COCCC(C)Oc1ccc(Br)cc1N. The Morgan fingerprint density at radius 2 is 2.20 bits per heavy atom. The monoisotopic (exact) mass is 273 g/mol. The van der Waals surface area contributed by atoms with E-state index < -0.39 is 0 Å². The van der Waals surface area contributed by atoms with Gasteiger partial charge in [-0.15, -0.1) is 0 Å². The summed E-state index contributed by atoms with van der Waals surface area (Å²) >= 11 is 3.35. The molecular weight excluding hydrogens is 258 g/mol. The molecule has 1 aromatic carbocycles. The predicted molar refractivity (Wildman–Crippen MR) is 65.1 cm³/mol. The van der Waals surface area contributed by atoms with Crippen molar-refractivity contribution in [1.29, 1.82) is 0 Å². The molecule has 1 aromatic rings. The van der Waals surface area contributed by atoms with Gasteiger partial charge in [-0.05, 0) is 25.1 Å². The van der Waals surface area contributed by atoms with Gasteiger partial charge in [-0.25, -0.2) is 0 Å². The minimum atomic E-state index is 0.105. The van der Waals surface area contributed by atoms with Gasteiger partial charge < -0.3 is 15.2 Å². The predicted octanol–water partition coefficient (Wildman–Crippen LogP) is 2.84. The number of nitrogen functional groups attached to an aromatic ring is 1. The third kappa shape index (κ3) is 4.10. The molecule has 0 aliphatic carbocycles. The average Bonchev–Trinajstić information content (AvgIpc) is 2.19. The number of anilines is 1. The van der Waals surface area contributed by atoms with Crippen LogP contribution in [0.2, 0.25) is 0 Å². The lowest BCUT2D eigenvalue weighted by Gasteiger charge is -2.15. The van der Waals surface area contributed by atoms with Crippen LogP contribution in [-0.2, 0) is 4.74 Å². The molecule has 0 aliphatic rings. The Morgan fingerprint density at radius 3 is 2.80 bits per heavy atom. The van der Waals surface area contributed by atoms with Crippen LogP contribution in [0.3, 0.4) is 0 Å². The zero-order valence-corrected chi connectivity index (χ0v) is 10.6. The molecule has 2 N–H and O–H groups in total. The van der Waals surface area contributed by atoms with Gasteiger partial charge in [-0.2, -0.15) is 0 Å². The first-order valence-electron chi connectivity index (χ1n) is 4.84. The third-order valence-electron chi connectivity index (χ3n) is 2.03. The molecule has 1 rings (SSSR count). The van der Waals surface area contributed by atoms with E-state index in [1.165, 1.54) is 0 Å². The molecule has 4 heteroatoms. The van der Waals surface area contributed by atoms with Crippen LogP contribution in [0, 0.1) is 0 Å². The molecule has 0 bridgehead atoms. The van der Waals surface area contributed by atoms with Gasteiger partial charge in [0.2, 0.25) is 0 Å². The van der Waals surface area contributed by atoms with Crippen LogP contribution in [0.25, 0.3) is 0 Å². The van der Waals surface area contributed by atoms with Gasteiger partial charge in [0, 0.05) is 24.6 Å². The lowest BCUT2D eigenvalue weighted by Crippen LogP contribution is -2.14. The second-order valence-electron chi connectivity index (χ2n) is 3.39. The maximum absolute atomic E-state index is 5.81. The number of ether oxygens (including phenoxy) is 2. The van der Waals surface area contributed by atoms with Crippen molar-refractivity contribution in [2.24, 2.45) is 0 Å². The zero-order valence-electron chi connectivity index (χ0n) is 9.00. The fraction of sp³-hybridized carbons (Fsp3) is 0.455. The largest absolute Gasteiger partial charge is 0.488 e. The van der Waals surface area contributed by atoms with E-state index in [0.29, 0.717) is 12.3 Å². The first kappa shape index (κ1) is 12.3. The van der Waals surface area contributed by atoms with E-state index in [9.17, 15) is 0 Å². The molecule has 0 saturated carbocycles. The van der Waals surface area contributed by atoms with Gasteiger partial charge in [-0.1, -0.05) is 15.9 Å². The van der Waals surface area contributed by atoms with E-state index >= 15 is 0 Å². The average molecular weight is 274 g/mol. The van der Waals surface area contributed by atoms with Crippen molar-refractivity contribution in [1.82, 2.24) is 0 Å². The van der Waals surface area contributed by atoms with Gasteiger partial charge in [0.25, 0.3) is 0 Å². The van der Waals surface area contributed by atoms with E-state index in [1.807, 2.05) is 25.1 Å². The quantitative estimate of drug-likeness (QED) is 0.840. The Morgan fingerprint density at radius 1 is 1.47 bits per heavy atom. The topological polar surface area (TPSA) is 44.5 Å². The van der Waals surface area contributed by atoms with Crippen molar-refractivity contribution in [3.63, 3.8) is 0 Å². The van der Waals surface area contributed by atoms with Crippen molar-refractivity contribution < 1.29 is 9.47 Å².